The van der Waals surface area contributed by atoms with Crippen LogP contribution in [-0.2, 0) is 4.79 Å². The zero-order valence-corrected chi connectivity index (χ0v) is 10.6. The van der Waals surface area contributed by atoms with E-state index in [0.29, 0.717) is 11.7 Å². The third-order valence-electron chi connectivity index (χ3n) is 3.58. The van der Waals surface area contributed by atoms with Crippen molar-refractivity contribution >= 4 is 5.78 Å². The molecule has 1 aliphatic heterocycles. The van der Waals surface area contributed by atoms with Crippen LogP contribution in [0.3, 0.4) is 0 Å². The number of Topliss-reactive ketones (excluding diaryl/α,β-unsaturated/α-hetero) is 1. The summed E-state index contributed by atoms with van der Waals surface area (Å²) in [6.07, 6.45) is 4.74. The fourth-order valence-corrected chi connectivity index (χ4v) is 2.66. The van der Waals surface area contributed by atoms with Crippen molar-refractivity contribution in [3.05, 3.63) is 0 Å². The highest BCUT2D eigenvalue weighted by Gasteiger charge is 2.30. The molecule has 2 nitrogen and oxygen atoms in total. The molecule has 1 heterocycles. The molecule has 1 fully saturated rings. The van der Waals surface area contributed by atoms with Crippen molar-refractivity contribution in [1.29, 1.82) is 0 Å². The number of carbonyl (C=O) groups excluding carboxylic acids is 1. The summed E-state index contributed by atoms with van der Waals surface area (Å²) in [7, 11) is 0. The van der Waals surface area contributed by atoms with Gasteiger partial charge in [0.25, 0.3) is 0 Å². The number of hydrogen-bond acceptors (Lipinski definition) is 1. The van der Waals surface area contributed by atoms with E-state index >= 15 is 0 Å². The summed E-state index contributed by atoms with van der Waals surface area (Å²) >= 11 is 0. The van der Waals surface area contributed by atoms with Crippen LogP contribution in [0, 0.1) is 5.92 Å². The Balaban J connectivity index is 2.47. The van der Waals surface area contributed by atoms with Crippen molar-refractivity contribution in [2.24, 2.45) is 5.92 Å². The molecule has 0 atom stereocenters. The molecule has 0 bridgehead atoms. The van der Waals surface area contributed by atoms with Crippen molar-refractivity contribution in [3.63, 3.8) is 0 Å². The van der Waals surface area contributed by atoms with Gasteiger partial charge in [0.1, 0.15) is 6.54 Å². The normalized spacial score (nSPS) is 20.5. The lowest BCUT2D eigenvalue weighted by Crippen LogP contribution is -2.54. The van der Waals surface area contributed by atoms with Crippen molar-refractivity contribution < 1.29 is 9.28 Å². The van der Waals surface area contributed by atoms with Gasteiger partial charge in [0, 0.05) is 6.42 Å². The van der Waals surface area contributed by atoms with E-state index in [1.165, 1.54) is 32.4 Å². The smallest absolute Gasteiger partial charge is 0.187 e. The van der Waals surface area contributed by atoms with E-state index in [1.54, 1.807) is 0 Å². The lowest BCUT2D eigenvalue weighted by atomic mass is 10.0. The van der Waals surface area contributed by atoms with Crippen molar-refractivity contribution in [1.82, 2.24) is 0 Å². The van der Waals surface area contributed by atoms with Crippen molar-refractivity contribution in [2.75, 3.05) is 26.2 Å². The molecule has 1 rings (SSSR count). The highest BCUT2D eigenvalue weighted by molar-refractivity contribution is 5.79. The average Bonchev–Trinajstić information content (AvgIpc) is 2.17. The molecule has 1 saturated heterocycles. The van der Waals surface area contributed by atoms with Gasteiger partial charge in [0.05, 0.1) is 19.6 Å². The first-order valence-electron chi connectivity index (χ1n) is 6.45. The second-order valence-corrected chi connectivity index (χ2v) is 5.46. The topological polar surface area (TPSA) is 17.1 Å². The van der Waals surface area contributed by atoms with Gasteiger partial charge in [-0.15, -0.1) is 0 Å². The van der Waals surface area contributed by atoms with Gasteiger partial charge in [0.2, 0.25) is 0 Å². The largest absolute Gasteiger partial charge is 0.318 e. The maximum atomic E-state index is 11.9. The first-order valence-corrected chi connectivity index (χ1v) is 6.45. The van der Waals surface area contributed by atoms with E-state index in [0.717, 1.165) is 24.0 Å². The lowest BCUT2D eigenvalue weighted by molar-refractivity contribution is -0.923. The van der Waals surface area contributed by atoms with Gasteiger partial charge < -0.3 is 4.48 Å². The summed E-state index contributed by atoms with van der Waals surface area (Å²) in [5.74, 6) is 0.980. The third-order valence-corrected chi connectivity index (χ3v) is 3.58. The fraction of sp³-hybridized carbons (Fsp3) is 0.923. The van der Waals surface area contributed by atoms with Gasteiger partial charge in [-0.05, 0) is 32.1 Å². The predicted molar refractivity (Wildman–Crippen MR) is 63.7 cm³/mol. The Morgan fingerprint density at radius 3 is 2.27 bits per heavy atom. The molecule has 1 aliphatic rings. The fourth-order valence-electron chi connectivity index (χ4n) is 2.66. The predicted octanol–water partition coefficient (Wildman–Crippen LogP) is 2.62. The molecule has 0 radical (unpaired) electrons. The second kappa shape index (κ2) is 5.64. The number of nitrogens with zero attached hydrogens (tertiary/aromatic N) is 1. The summed E-state index contributed by atoms with van der Waals surface area (Å²) in [5.41, 5.74) is 0. The molecule has 15 heavy (non-hydrogen) atoms. The van der Waals surface area contributed by atoms with E-state index in [-0.39, 0.29) is 0 Å². The lowest BCUT2D eigenvalue weighted by Gasteiger charge is -2.40. The Labute approximate surface area is 94.2 Å². The minimum Gasteiger partial charge on any atom is -0.318 e. The highest BCUT2D eigenvalue weighted by atomic mass is 16.1. The van der Waals surface area contributed by atoms with Crippen LogP contribution >= 0.6 is 0 Å². The van der Waals surface area contributed by atoms with Crippen molar-refractivity contribution in [3.8, 4) is 0 Å². The molecule has 0 N–H and O–H groups in total. The van der Waals surface area contributed by atoms with Gasteiger partial charge in [0.15, 0.2) is 5.78 Å². The zero-order chi connectivity index (χ0) is 11.3. The number of carbonyl (C=O) groups is 1. The molecule has 0 unspecified atom stereocenters. The quantitative estimate of drug-likeness (QED) is 0.640. The Bertz CT molecular complexity index is 205. The van der Waals surface area contributed by atoms with Crippen LogP contribution in [0.2, 0.25) is 0 Å². The summed E-state index contributed by atoms with van der Waals surface area (Å²) in [6, 6.07) is 0. The highest BCUT2D eigenvalue weighted by Crippen LogP contribution is 2.19. The zero-order valence-electron chi connectivity index (χ0n) is 10.6. The summed E-state index contributed by atoms with van der Waals surface area (Å²) < 4.78 is 1.06. The van der Waals surface area contributed by atoms with Crippen LogP contribution in [0.5, 0.6) is 0 Å². The van der Waals surface area contributed by atoms with Crippen LogP contribution in [0.1, 0.15) is 46.5 Å². The molecule has 0 aromatic carbocycles. The maximum Gasteiger partial charge on any atom is 0.187 e. The molecule has 0 saturated carbocycles. The maximum absolute atomic E-state index is 11.9. The minimum atomic E-state index is 0.466. The molecule has 0 spiro atoms. The third kappa shape index (κ3) is 3.94. The molecule has 0 aromatic rings. The second-order valence-electron chi connectivity index (χ2n) is 5.46. The molecular weight excluding hydrogens is 186 g/mol. The Kier molecular flexibility index (Phi) is 4.78. The van der Waals surface area contributed by atoms with Gasteiger partial charge in [-0.2, -0.15) is 0 Å². The molecule has 0 aliphatic carbocycles. The van der Waals surface area contributed by atoms with Crippen LogP contribution in [0.15, 0.2) is 0 Å². The van der Waals surface area contributed by atoms with Gasteiger partial charge in [-0.3, -0.25) is 4.79 Å². The van der Waals surface area contributed by atoms with E-state index < -0.39 is 0 Å². The van der Waals surface area contributed by atoms with E-state index in [1.807, 2.05) is 0 Å². The Morgan fingerprint density at radius 2 is 1.80 bits per heavy atom. The van der Waals surface area contributed by atoms with Crippen LogP contribution in [0.25, 0.3) is 0 Å². The minimum absolute atomic E-state index is 0.466. The van der Waals surface area contributed by atoms with Crippen LogP contribution in [-0.4, -0.2) is 36.4 Å². The first kappa shape index (κ1) is 12.7. The van der Waals surface area contributed by atoms with E-state index in [4.69, 9.17) is 0 Å². The van der Waals surface area contributed by atoms with Gasteiger partial charge in [-0.1, -0.05) is 13.8 Å². The number of ketones is 1. The molecule has 2 heteroatoms. The van der Waals surface area contributed by atoms with E-state index in [9.17, 15) is 4.79 Å². The number of hydrogen-bond donors (Lipinski definition) is 0. The average molecular weight is 212 g/mol. The number of likely N-dealkylation sites (N-methyl/N-ethyl adjacent to an activating group) is 1. The summed E-state index contributed by atoms with van der Waals surface area (Å²) in [4.78, 5) is 11.9. The Morgan fingerprint density at radius 1 is 1.20 bits per heavy atom. The summed E-state index contributed by atoms with van der Waals surface area (Å²) in [5, 5.41) is 0. The van der Waals surface area contributed by atoms with Crippen LogP contribution in [0.4, 0.5) is 0 Å². The van der Waals surface area contributed by atoms with Gasteiger partial charge in [-0.25, -0.2) is 0 Å². The van der Waals surface area contributed by atoms with E-state index in [2.05, 4.69) is 20.8 Å². The summed E-state index contributed by atoms with van der Waals surface area (Å²) in [6.45, 7) is 10.8. The monoisotopic (exact) mass is 212 g/mol. The SMILES string of the molecule is CC[N+]1(CC(=O)CC(C)C)CCCCC1. The molecule has 88 valence electrons. The molecule has 0 aromatic heterocycles. The van der Waals surface area contributed by atoms with Crippen molar-refractivity contribution in [2.45, 2.75) is 46.5 Å². The molecule has 0 amide bonds. The number of rotatable bonds is 5. The standard InChI is InChI=1S/C13H26NO/c1-4-14(8-6-5-7-9-14)11-13(15)10-12(2)3/h12H,4-11H2,1-3H3/q+1. The number of quaternary nitrogens is 1. The van der Waals surface area contributed by atoms with Crippen LogP contribution < -0.4 is 0 Å². The Hall–Kier alpha value is -0.370. The number of piperidine rings is 1. The van der Waals surface area contributed by atoms with Gasteiger partial charge >= 0.3 is 0 Å². The number of likely N-dealkylation sites (tertiary alicyclic amines) is 1. The molecular formula is C13H26NO+. The first-order chi connectivity index (χ1) is 7.08.